The number of nitrogens with one attached hydrogen (secondary N) is 1. The van der Waals surface area contributed by atoms with Gasteiger partial charge in [-0.05, 0) is 25.0 Å². The van der Waals surface area contributed by atoms with Crippen molar-refractivity contribution >= 4 is 0 Å². The van der Waals surface area contributed by atoms with E-state index in [0.29, 0.717) is 0 Å². The lowest BCUT2D eigenvalue weighted by molar-refractivity contribution is 0.298. The van der Waals surface area contributed by atoms with Crippen LogP contribution >= 0.6 is 0 Å². The van der Waals surface area contributed by atoms with Crippen LogP contribution in [0.25, 0.3) is 0 Å². The van der Waals surface area contributed by atoms with Crippen molar-refractivity contribution in [3.63, 3.8) is 0 Å². The maximum Gasteiger partial charge on any atom is 0.124 e. The van der Waals surface area contributed by atoms with Crippen LogP contribution in [0.5, 0.6) is 5.75 Å². The first-order valence-electron chi connectivity index (χ1n) is 9.80. The normalized spacial score (nSPS) is 12.1. The van der Waals surface area contributed by atoms with Crippen molar-refractivity contribution in [3.05, 3.63) is 65.7 Å². The number of ether oxygens (including phenoxy) is 1. The van der Waals surface area contributed by atoms with Crippen LogP contribution in [0.1, 0.15) is 69.5 Å². The number of unbranched alkanes of at least 4 members (excludes halogenated alkanes) is 5. The first-order chi connectivity index (χ1) is 12.3. The van der Waals surface area contributed by atoms with Crippen molar-refractivity contribution in [3.8, 4) is 5.75 Å². The zero-order valence-corrected chi connectivity index (χ0v) is 15.8. The topological polar surface area (TPSA) is 21.3 Å². The Bertz CT molecular complexity index is 582. The minimum absolute atomic E-state index is 0.265. The molecule has 1 N–H and O–H groups in total. The highest BCUT2D eigenvalue weighted by Crippen LogP contribution is 2.25. The molecule has 0 saturated heterocycles. The van der Waals surface area contributed by atoms with Gasteiger partial charge in [-0.3, -0.25) is 0 Å². The van der Waals surface area contributed by atoms with Crippen LogP contribution in [0.2, 0.25) is 0 Å². The lowest BCUT2D eigenvalue weighted by atomic mass is 10.1. The van der Waals surface area contributed by atoms with Gasteiger partial charge in [0, 0.05) is 18.2 Å². The number of para-hydroxylation sites is 1. The van der Waals surface area contributed by atoms with E-state index in [0.717, 1.165) is 25.3 Å². The molecule has 2 rings (SSSR count). The molecular weight excluding hydrogens is 306 g/mol. The summed E-state index contributed by atoms with van der Waals surface area (Å²) in [7, 11) is 0. The Morgan fingerprint density at radius 3 is 2.32 bits per heavy atom. The van der Waals surface area contributed by atoms with Crippen molar-refractivity contribution < 1.29 is 4.74 Å². The van der Waals surface area contributed by atoms with E-state index < -0.39 is 0 Å². The molecule has 0 aliphatic heterocycles. The summed E-state index contributed by atoms with van der Waals surface area (Å²) in [6.45, 7) is 6.14. The Balaban J connectivity index is 1.78. The van der Waals surface area contributed by atoms with E-state index in [4.69, 9.17) is 4.74 Å². The van der Waals surface area contributed by atoms with Crippen LogP contribution in [0.3, 0.4) is 0 Å². The second kappa shape index (κ2) is 11.7. The van der Waals surface area contributed by atoms with Gasteiger partial charge in [0.25, 0.3) is 0 Å². The Morgan fingerprint density at radius 2 is 1.52 bits per heavy atom. The van der Waals surface area contributed by atoms with E-state index in [9.17, 15) is 0 Å². The predicted octanol–water partition coefficient (Wildman–Crippen LogP) is 6.28. The predicted molar refractivity (Wildman–Crippen MR) is 107 cm³/mol. The zero-order valence-electron chi connectivity index (χ0n) is 15.8. The molecule has 25 heavy (non-hydrogen) atoms. The summed E-state index contributed by atoms with van der Waals surface area (Å²) in [6, 6.07) is 19.2. The van der Waals surface area contributed by atoms with Crippen LogP contribution in [-0.4, -0.2) is 6.61 Å². The van der Waals surface area contributed by atoms with Gasteiger partial charge in [0.1, 0.15) is 5.75 Å². The second-order valence-electron chi connectivity index (χ2n) is 6.74. The Kier molecular flexibility index (Phi) is 9.14. The molecule has 1 unspecified atom stereocenters. The lowest BCUT2D eigenvalue weighted by Crippen LogP contribution is -2.19. The standard InChI is InChI=1S/C23H33NO/c1-3-4-5-6-7-13-18-25-23-17-12-11-16-22(23)20(2)24-19-21-14-9-8-10-15-21/h8-12,14-17,20,24H,3-7,13,18-19H2,1-2H3. The number of hydrogen-bond donors (Lipinski definition) is 1. The minimum Gasteiger partial charge on any atom is -0.493 e. The van der Waals surface area contributed by atoms with Crippen molar-refractivity contribution in [2.75, 3.05) is 6.61 Å². The molecule has 0 fully saturated rings. The molecule has 2 nitrogen and oxygen atoms in total. The molecule has 0 amide bonds. The van der Waals surface area contributed by atoms with Gasteiger partial charge in [0.15, 0.2) is 0 Å². The highest BCUT2D eigenvalue weighted by molar-refractivity contribution is 5.35. The molecule has 2 aromatic carbocycles. The van der Waals surface area contributed by atoms with Crippen molar-refractivity contribution in [1.82, 2.24) is 5.32 Å². The third-order valence-electron chi connectivity index (χ3n) is 4.60. The smallest absolute Gasteiger partial charge is 0.124 e. The maximum atomic E-state index is 6.08. The first kappa shape index (κ1) is 19.5. The van der Waals surface area contributed by atoms with Gasteiger partial charge in [-0.2, -0.15) is 0 Å². The molecule has 0 bridgehead atoms. The fraction of sp³-hybridized carbons (Fsp3) is 0.478. The Morgan fingerprint density at radius 1 is 0.840 bits per heavy atom. The molecule has 0 radical (unpaired) electrons. The van der Waals surface area contributed by atoms with Crippen LogP contribution in [-0.2, 0) is 6.54 Å². The van der Waals surface area contributed by atoms with E-state index in [1.165, 1.54) is 43.2 Å². The fourth-order valence-corrected chi connectivity index (χ4v) is 3.01. The molecule has 136 valence electrons. The van der Waals surface area contributed by atoms with Gasteiger partial charge in [-0.25, -0.2) is 0 Å². The minimum atomic E-state index is 0.265. The third-order valence-corrected chi connectivity index (χ3v) is 4.60. The van der Waals surface area contributed by atoms with E-state index in [1.54, 1.807) is 0 Å². The SMILES string of the molecule is CCCCCCCCOc1ccccc1C(C)NCc1ccccc1. The maximum absolute atomic E-state index is 6.08. The van der Waals surface area contributed by atoms with Gasteiger partial charge < -0.3 is 10.1 Å². The lowest BCUT2D eigenvalue weighted by Gasteiger charge is -2.18. The zero-order chi connectivity index (χ0) is 17.7. The van der Waals surface area contributed by atoms with Crippen molar-refractivity contribution in [1.29, 1.82) is 0 Å². The molecule has 2 heteroatoms. The average molecular weight is 340 g/mol. The molecule has 0 aliphatic rings. The Hall–Kier alpha value is -1.80. The highest BCUT2D eigenvalue weighted by atomic mass is 16.5. The molecule has 0 heterocycles. The van der Waals surface area contributed by atoms with E-state index in [-0.39, 0.29) is 6.04 Å². The van der Waals surface area contributed by atoms with Gasteiger partial charge in [-0.1, -0.05) is 87.6 Å². The quantitative estimate of drug-likeness (QED) is 0.460. The summed E-state index contributed by atoms with van der Waals surface area (Å²) in [6.07, 6.45) is 7.75. The summed E-state index contributed by atoms with van der Waals surface area (Å²) in [5, 5.41) is 3.60. The Labute approximate surface area is 153 Å². The summed E-state index contributed by atoms with van der Waals surface area (Å²) in [5.74, 6) is 1.02. The molecule has 0 aliphatic carbocycles. The van der Waals surface area contributed by atoms with Crippen LogP contribution in [0.4, 0.5) is 0 Å². The monoisotopic (exact) mass is 339 g/mol. The summed E-state index contributed by atoms with van der Waals surface area (Å²) < 4.78 is 6.08. The van der Waals surface area contributed by atoms with Gasteiger partial charge >= 0.3 is 0 Å². The van der Waals surface area contributed by atoms with E-state index in [1.807, 2.05) is 0 Å². The molecule has 0 saturated carbocycles. The number of rotatable bonds is 12. The van der Waals surface area contributed by atoms with E-state index >= 15 is 0 Å². The van der Waals surface area contributed by atoms with E-state index in [2.05, 4.69) is 73.8 Å². The highest BCUT2D eigenvalue weighted by Gasteiger charge is 2.10. The third kappa shape index (κ3) is 7.31. The molecule has 1 atom stereocenters. The molecule has 2 aromatic rings. The van der Waals surface area contributed by atoms with Crippen molar-refractivity contribution in [2.45, 2.75) is 65.0 Å². The summed E-state index contributed by atoms with van der Waals surface area (Å²) in [4.78, 5) is 0. The molecule has 0 spiro atoms. The first-order valence-corrected chi connectivity index (χ1v) is 9.80. The summed E-state index contributed by atoms with van der Waals surface area (Å²) in [5.41, 5.74) is 2.55. The summed E-state index contributed by atoms with van der Waals surface area (Å²) >= 11 is 0. The largest absolute Gasteiger partial charge is 0.493 e. The molecule has 0 aromatic heterocycles. The second-order valence-corrected chi connectivity index (χ2v) is 6.74. The van der Waals surface area contributed by atoms with Gasteiger partial charge in [0.05, 0.1) is 6.61 Å². The van der Waals surface area contributed by atoms with Crippen LogP contribution < -0.4 is 10.1 Å². The van der Waals surface area contributed by atoms with Gasteiger partial charge in [0.2, 0.25) is 0 Å². The molecular formula is C23H33NO. The van der Waals surface area contributed by atoms with Crippen LogP contribution in [0, 0.1) is 0 Å². The van der Waals surface area contributed by atoms with Gasteiger partial charge in [-0.15, -0.1) is 0 Å². The van der Waals surface area contributed by atoms with Crippen molar-refractivity contribution in [2.24, 2.45) is 0 Å². The average Bonchev–Trinajstić information content (AvgIpc) is 2.66. The fourth-order valence-electron chi connectivity index (χ4n) is 3.01. The van der Waals surface area contributed by atoms with Crippen LogP contribution in [0.15, 0.2) is 54.6 Å². The number of benzene rings is 2. The number of hydrogen-bond acceptors (Lipinski definition) is 2.